The zero-order chi connectivity index (χ0) is 13.1. The maximum absolute atomic E-state index is 12.3. The molecule has 3 nitrogen and oxygen atoms in total. The lowest BCUT2D eigenvalue weighted by Gasteiger charge is -2.10. The molecule has 0 aliphatic carbocycles. The second-order valence-corrected chi connectivity index (χ2v) is 4.08. The van der Waals surface area contributed by atoms with Gasteiger partial charge in [0.1, 0.15) is 0 Å². The number of hydrogen-bond donors (Lipinski definition) is 1. The van der Waals surface area contributed by atoms with Gasteiger partial charge in [-0.2, -0.15) is 0 Å². The number of hydrogen-bond acceptors (Lipinski definition) is 3. The molecule has 0 unspecified atom stereocenters. The molecule has 1 N–H and O–H groups in total. The van der Waals surface area contributed by atoms with Gasteiger partial charge in [-0.15, -0.1) is 0 Å². The van der Waals surface area contributed by atoms with Crippen LogP contribution in [0.25, 0.3) is 0 Å². The van der Waals surface area contributed by atoms with Crippen LogP contribution in [0.15, 0.2) is 42.5 Å². The Kier molecular flexibility index (Phi) is 3.53. The summed E-state index contributed by atoms with van der Waals surface area (Å²) in [6, 6.07) is 11.8. The Bertz CT molecular complexity index is 579. The van der Waals surface area contributed by atoms with Gasteiger partial charge >= 0.3 is 0 Å². The van der Waals surface area contributed by atoms with Crippen molar-refractivity contribution in [3.05, 3.63) is 58.6 Å². The molecular weight excluding hydrogens is 252 g/mol. The van der Waals surface area contributed by atoms with Gasteiger partial charge in [0.2, 0.25) is 0 Å². The third-order valence-electron chi connectivity index (χ3n) is 2.57. The van der Waals surface area contributed by atoms with Crippen LogP contribution in [0.4, 0.5) is 0 Å². The van der Waals surface area contributed by atoms with Gasteiger partial charge < -0.3 is 9.84 Å². The summed E-state index contributed by atoms with van der Waals surface area (Å²) in [4.78, 5) is 12.3. The minimum absolute atomic E-state index is 0.0938. The van der Waals surface area contributed by atoms with E-state index in [1.54, 1.807) is 24.3 Å². The molecule has 0 radical (unpaired) electrons. The molecule has 0 saturated carbocycles. The Morgan fingerprint density at radius 3 is 2.44 bits per heavy atom. The standard InChI is InChI=1S/C14H11ClO3/c1-18-14-10(7-8-11(15)13(14)17)12(16)9-5-3-2-4-6-9/h2-8,17H,1H3. The monoisotopic (exact) mass is 262 g/mol. The first-order valence-corrected chi connectivity index (χ1v) is 5.68. The van der Waals surface area contributed by atoms with E-state index in [4.69, 9.17) is 16.3 Å². The van der Waals surface area contributed by atoms with Crippen molar-refractivity contribution < 1.29 is 14.6 Å². The van der Waals surface area contributed by atoms with Crippen LogP contribution in [-0.2, 0) is 0 Å². The number of rotatable bonds is 3. The number of ketones is 1. The molecule has 0 saturated heterocycles. The van der Waals surface area contributed by atoms with E-state index < -0.39 is 0 Å². The van der Waals surface area contributed by atoms with E-state index in [9.17, 15) is 9.90 Å². The third-order valence-corrected chi connectivity index (χ3v) is 2.87. The molecule has 0 amide bonds. The Balaban J connectivity index is 2.52. The van der Waals surface area contributed by atoms with Gasteiger partial charge in [0, 0.05) is 5.56 Å². The molecule has 92 valence electrons. The average Bonchev–Trinajstić information content (AvgIpc) is 2.42. The summed E-state index contributed by atoms with van der Waals surface area (Å²) >= 11 is 5.77. The average molecular weight is 263 g/mol. The highest BCUT2D eigenvalue weighted by molar-refractivity contribution is 6.32. The maximum atomic E-state index is 12.3. The van der Waals surface area contributed by atoms with Gasteiger partial charge in [-0.1, -0.05) is 41.9 Å². The first kappa shape index (κ1) is 12.5. The molecule has 0 aromatic heterocycles. The molecule has 2 aromatic rings. The number of carbonyl (C=O) groups is 1. The number of ether oxygens (including phenoxy) is 1. The Morgan fingerprint density at radius 1 is 1.17 bits per heavy atom. The van der Waals surface area contributed by atoms with Crippen LogP contribution in [0.5, 0.6) is 11.5 Å². The molecule has 0 fully saturated rings. The lowest BCUT2D eigenvalue weighted by molar-refractivity contribution is 0.103. The molecule has 4 heteroatoms. The van der Waals surface area contributed by atoms with Crippen molar-refractivity contribution in [3.8, 4) is 11.5 Å². The van der Waals surface area contributed by atoms with Crippen molar-refractivity contribution in [2.75, 3.05) is 7.11 Å². The normalized spacial score (nSPS) is 10.1. The molecule has 2 aromatic carbocycles. The largest absolute Gasteiger partial charge is 0.503 e. The van der Waals surface area contributed by atoms with Crippen molar-refractivity contribution >= 4 is 17.4 Å². The number of carbonyl (C=O) groups excluding carboxylic acids is 1. The first-order valence-electron chi connectivity index (χ1n) is 5.30. The van der Waals surface area contributed by atoms with E-state index in [0.29, 0.717) is 5.56 Å². The minimum atomic E-state index is -0.223. The Morgan fingerprint density at radius 2 is 1.83 bits per heavy atom. The smallest absolute Gasteiger partial charge is 0.196 e. The van der Waals surface area contributed by atoms with Crippen LogP contribution >= 0.6 is 11.6 Å². The van der Waals surface area contributed by atoms with Crippen molar-refractivity contribution in [1.82, 2.24) is 0 Å². The zero-order valence-corrected chi connectivity index (χ0v) is 10.4. The summed E-state index contributed by atoms with van der Waals surface area (Å²) in [6.07, 6.45) is 0. The molecule has 0 aliphatic rings. The molecule has 0 bridgehead atoms. The molecule has 2 rings (SSSR count). The van der Waals surface area contributed by atoms with Crippen molar-refractivity contribution in [2.45, 2.75) is 0 Å². The quantitative estimate of drug-likeness (QED) is 0.864. The highest BCUT2D eigenvalue weighted by atomic mass is 35.5. The summed E-state index contributed by atoms with van der Waals surface area (Å²) in [5.74, 6) is -0.350. The van der Waals surface area contributed by atoms with Crippen LogP contribution in [0.3, 0.4) is 0 Å². The number of methoxy groups -OCH3 is 1. The molecule has 0 aliphatic heterocycles. The fourth-order valence-corrected chi connectivity index (χ4v) is 1.83. The number of benzene rings is 2. The lowest BCUT2D eigenvalue weighted by atomic mass is 10.0. The molecular formula is C14H11ClO3. The summed E-state index contributed by atoms with van der Waals surface area (Å²) in [5.41, 5.74) is 0.808. The van der Waals surface area contributed by atoms with Crippen LogP contribution in [0.1, 0.15) is 15.9 Å². The van der Waals surface area contributed by atoms with Crippen molar-refractivity contribution in [2.24, 2.45) is 0 Å². The van der Waals surface area contributed by atoms with Crippen LogP contribution < -0.4 is 4.74 Å². The van der Waals surface area contributed by atoms with E-state index in [1.807, 2.05) is 6.07 Å². The zero-order valence-electron chi connectivity index (χ0n) is 9.68. The summed E-state index contributed by atoms with van der Waals surface area (Å²) in [7, 11) is 1.38. The van der Waals surface area contributed by atoms with E-state index in [0.717, 1.165) is 0 Å². The third kappa shape index (κ3) is 2.17. The number of aromatic hydroxyl groups is 1. The SMILES string of the molecule is COc1c(C(=O)c2ccccc2)ccc(Cl)c1O. The topological polar surface area (TPSA) is 46.5 Å². The van der Waals surface area contributed by atoms with Gasteiger partial charge in [0.05, 0.1) is 17.7 Å². The second-order valence-electron chi connectivity index (χ2n) is 3.67. The van der Waals surface area contributed by atoms with Gasteiger partial charge in [-0.05, 0) is 12.1 Å². The van der Waals surface area contributed by atoms with Crippen LogP contribution in [0.2, 0.25) is 5.02 Å². The molecule has 18 heavy (non-hydrogen) atoms. The second kappa shape index (κ2) is 5.10. The number of phenolic OH excluding ortho intramolecular Hbond substituents is 1. The van der Waals surface area contributed by atoms with E-state index in [2.05, 4.69) is 0 Å². The van der Waals surface area contributed by atoms with Crippen molar-refractivity contribution in [1.29, 1.82) is 0 Å². The Labute approximate surface area is 110 Å². The summed E-state index contributed by atoms with van der Waals surface area (Å²) < 4.78 is 5.04. The first-order chi connectivity index (χ1) is 8.65. The fourth-order valence-electron chi connectivity index (χ4n) is 1.68. The van der Waals surface area contributed by atoms with Gasteiger partial charge in [0.25, 0.3) is 0 Å². The van der Waals surface area contributed by atoms with Gasteiger partial charge in [-0.25, -0.2) is 0 Å². The van der Waals surface area contributed by atoms with Crippen LogP contribution in [-0.4, -0.2) is 18.0 Å². The van der Waals surface area contributed by atoms with Crippen molar-refractivity contribution in [3.63, 3.8) is 0 Å². The molecule has 0 heterocycles. The van der Waals surface area contributed by atoms with E-state index >= 15 is 0 Å². The maximum Gasteiger partial charge on any atom is 0.196 e. The highest BCUT2D eigenvalue weighted by Crippen LogP contribution is 2.37. The Hall–Kier alpha value is -2.00. The van der Waals surface area contributed by atoms with E-state index in [-0.39, 0.29) is 27.9 Å². The molecule has 0 atom stereocenters. The predicted octanol–water partition coefficient (Wildman–Crippen LogP) is 3.29. The fraction of sp³-hybridized carbons (Fsp3) is 0.0714. The number of halogens is 1. The summed E-state index contributed by atoms with van der Waals surface area (Å²) in [5, 5.41) is 9.91. The number of phenols is 1. The van der Waals surface area contributed by atoms with Gasteiger partial charge in [0.15, 0.2) is 17.3 Å². The van der Waals surface area contributed by atoms with Crippen LogP contribution in [0, 0.1) is 0 Å². The van der Waals surface area contributed by atoms with Gasteiger partial charge in [-0.3, -0.25) is 4.79 Å². The van der Waals surface area contributed by atoms with E-state index in [1.165, 1.54) is 19.2 Å². The summed E-state index contributed by atoms with van der Waals surface area (Å²) in [6.45, 7) is 0. The predicted molar refractivity (Wildman–Crippen MR) is 69.5 cm³/mol. The highest BCUT2D eigenvalue weighted by Gasteiger charge is 2.19. The lowest BCUT2D eigenvalue weighted by Crippen LogP contribution is -2.04. The molecule has 0 spiro atoms. The minimum Gasteiger partial charge on any atom is -0.503 e.